The maximum absolute atomic E-state index is 12.4. The molecule has 1 heterocycles. The third-order valence-corrected chi connectivity index (χ3v) is 4.81. The number of rotatable bonds is 4. The Morgan fingerprint density at radius 1 is 1.18 bits per heavy atom. The summed E-state index contributed by atoms with van der Waals surface area (Å²) in [6.07, 6.45) is 8.76. The first-order valence-electron chi connectivity index (χ1n) is 7.32. The molecule has 2 atom stereocenters. The van der Waals surface area contributed by atoms with Crippen LogP contribution in [0.25, 0.3) is 0 Å². The molecule has 96 valence electrons. The van der Waals surface area contributed by atoms with Gasteiger partial charge in [-0.3, -0.25) is 4.79 Å². The van der Waals surface area contributed by atoms with Crippen LogP contribution in [0.4, 0.5) is 0 Å². The number of piperidine rings is 1. The predicted molar refractivity (Wildman–Crippen MR) is 67.7 cm³/mol. The molecule has 1 N–H and O–H groups in total. The minimum Gasteiger partial charge on any atom is -0.338 e. The molecule has 3 fully saturated rings. The lowest BCUT2D eigenvalue weighted by Gasteiger charge is -2.43. The van der Waals surface area contributed by atoms with Crippen LogP contribution in [0.15, 0.2) is 0 Å². The molecule has 1 aliphatic heterocycles. The molecule has 0 radical (unpaired) electrons. The molecule has 0 bridgehead atoms. The van der Waals surface area contributed by atoms with Gasteiger partial charge in [0.2, 0.25) is 5.91 Å². The first kappa shape index (κ1) is 11.5. The lowest BCUT2D eigenvalue weighted by molar-refractivity contribution is -0.140. The van der Waals surface area contributed by atoms with Crippen LogP contribution in [0.3, 0.4) is 0 Å². The van der Waals surface area contributed by atoms with Crippen LogP contribution >= 0.6 is 0 Å². The Morgan fingerprint density at radius 3 is 2.53 bits per heavy atom. The van der Waals surface area contributed by atoms with E-state index in [9.17, 15) is 4.79 Å². The second kappa shape index (κ2) is 4.60. The average Bonchev–Trinajstić information content (AvgIpc) is 3.02. The lowest BCUT2D eigenvalue weighted by Crippen LogP contribution is -2.56. The molecule has 2 unspecified atom stereocenters. The highest BCUT2D eigenvalue weighted by molar-refractivity contribution is 5.83. The summed E-state index contributed by atoms with van der Waals surface area (Å²) in [7, 11) is 0. The number of carbonyl (C=O) groups is 1. The third-order valence-electron chi connectivity index (χ3n) is 4.81. The predicted octanol–water partition coefficient (Wildman–Crippen LogP) is 1.92. The van der Waals surface area contributed by atoms with Crippen molar-refractivity contribution in [3.63, 3.8) is 0 Å². The van der Waals surface area contributed by atoms with Crippen LogP contribution in [0.5, 0.6) is 0 Å². The fourth-order valence-electron chi connectivity index (χ4n) is 3.17. The first-order valence-corrected chi connectivity index (χ1v) is 7.32. The smallest absolute Gasteiger partial charge is 0.239 e. The van der Waals surface area contributed by atoms with Crippen molar-refractivity contribution < 1.29 is 4.79 Å². The van der Waals surface area contributed by atoms with E-state index in [0.29, 0.717) is 18.0 Å². The summed E-state index contributed by atoms with van der Waals surface area (Å²) in [6, 6.07) is 1.24. The number of likely N-dealkylation sites (tertiary alicyclic amines) is 1. The maximum atomic E-state index is 12.4. The van der Waals surface area contributed by atoms with E-state index in [0.717, 1.165) is 18.9 Å². The quantitative estimate of drug-likeness (QED) is 0.809. The molecular formula is C14H24N2O. The van der Waals surface area contributed by atoms with Crippen molar-refractivity contribution in [1.82, 2.24) is 10.2 Å². The van der Waals surface area contributed by atoms with E-state index in [1.807, 2.05) is 0 Å². The van der Waals surface area contributed by atoms with Crippen molar-refractivity contribution >= 4 is 5.91 Å². The van der Waals surface area contributed by atoms with Crippen molar-refractivity contribution in [3.8, 4) is 0 Å². The van der Waals surface area contributed by atoms with Gasteiger partial charge in [-0.1, -0.05) is 6.42 Å². The Balaban J connectivity index is 1.60. The van der Waals surface area contributed by atoms with Gasteiger partial charge < -0.3 is 10.2 Å². The fraction of sp³-hybridized carbons (Fsp3) is 0.929. The fourth-order valence-corrected chi connectivity index (χ4v) is 3.17. The molecule has 0 aromatic rings. The van der Waals surface area contributed by atoms with Gasteiger partial charge >= 0.3 is 0 Å². The van der Waals surface area contributed by atoms with Crippen LogP contribution in [0.2, 0.25) is 0 Å². The van der Waals surface area contributed by atoms with Crippen LogP contribution in [-0.4, -0.2) is 35.5 Å². The molecular weight excluding hydrogens is 212 g/mol. The van der Waals surface area contributed by atoms with Crippen LogP contribution in [0, 0.1) is 5.92 Å². The van der Waals surface area contributed by atoms with Crippen molar-refractivity contribution in [2.45, 2.75) is 70.0 Å². The lowest BCUT2D eigenvalue weighted by atomic mass is 9.79. The molecule has 1 saturated heterocycles. The van der Waals surface area contributed by atoms with E-state index in [4.69, 9.17) is 0 Å². The second-order valence-corrected chi connectivity index (χ2v) is 6.10. The molecule has 2 saturated carbocycles. The molecule has 3 rings (SSSR count). The van der Waals surface area contributed by atoms with Gasteiger partial charge in [0.15, 0.2) is 0 Å². The highest BCUT2D eigenvalue weighted by atomic mass is 16.2. The van der Waals surface area contributed by atoms with E-state index >= 15 is 0 Å². The summed E-state index contributed by atoms with van der Waals surface area (Å²) in [5.41, 5.74) is 0. The molecule has 0 aromatic carbocycles. The monoisotopic (exact) mass is 236 g/mol. The van der Waals surface area contributed by atoms with Gasteiger partial charge in [0.05, 0.1) is 6.04 Å². The number of amides is 1. The van der Waals surface area contributed by atoms with Gasteiger partial charge in [-0.2, -0.15) is 0 Å². The molecule has 1 amide bonds. The Labute approximate surface area is 104 Å². The average molecular weight is 236 g/mol. The Bertz CT molecular complexity index is 297. The highest BCUT2D eigenvalue weighted by Crippen LogP contribution is 2.33. The Hall–Kier alpha value is -0.570. The molecule has 0 spiro atoms. The summed E-state index contributed by atoms with van der Waals surface area (Å²) in [4.78, 5) is 14.6. The topological polar surface area (TPSA) is 32.3 Å². The van der Waals surface area contributed by atoms with Crippen molar-refractivity contribution in [2.24, 2.45) is 5.92 Å². The second-order valence-electron chi connectivity index (χ2n) is 6.10. The minimum absolute atomic E-state index is 0.124. The maximum Gasteiger partial charge on any atom is 0.239 e. The third kappa shape index (κ3) is 2.35. The van der Waals surface area contributed by atoms with Crippen molar-refractivity contribution in [3.05, 3.63) is 0 Å². The van der Waals surface area contributed by atoms with Crippen LogP contribution < -0.4 is 5.32 Å². The van der Waals surface area contributed by atoms with Crippen molar-refractivity contribution in [1.29, 1.82) is 0 Å². The standard InChI is InChI=1S/C14H24N2O/c1-10(11-4-2-5-11)16-9-3-6-13(14(16)17)15-12-7-8-12/h10-13,15H,2-9H2,1H3. The SMILES string of the molecule is CC(C1CCC1)N1CCCC(NC2CC2)C1=O. The normalized spacial score (nSPS) is 32.4. The van der Waals surface area contributed by atoms with Crippen LogP contribution in [-0.2, 0) is 4.79 Å². The van der Waals surface area contributed by atoms with Crippen molar-refractivity contribution in [2.75, 3.05) is 6.54 Å². The van der Waals surface area contributed by atoms with E-state index in [1.165, 1.54) is 38.5 Å². The Morgan fingerprint density at radius 2 is 1.94 bits per heavy atom. The van der Waals surface area contributed by atoms with Gasteiger partial charge in [0.25, 0.3) is 0 Å². The first-order chi connectivity index (χ1) is 8.25. The van der Waals surface area contributed by atoms with E-state index < -0.39 is 0 Å². The van der Waals surface area contributed by atoms with Gasteiger partial charge in [-0.05, 0) is 51.4 Å². The summed E-state index contributed by atoms with van der Waals surface area (Å²) in [5.74, 6) is 1.15. The number of hydrogen-bond acceptors (Lipinski definition) is 2. The zero-order chi connectivity index (χ0) is 11.8. The zero-order valence-electron chi connectivity index (χ0n) is 10.8. The highest BCUT2D eigenvalue weighted by Gasteiger charge is 2.38. The summed E-state index contributed by atoms with van der Waals surface area (Å²) in [6.45, 7) is 3.24. The Kier molecular flexibility index (Phi) is 3.12. The largest absolute Gasteiger partial charge is 0.338 e. The van der Waals surface area contributed by atoms with E-state index in [1.54, 1.807) is 0 Å². The molecule has 3 heteroatoms. The summed E-state index contributed by atoms with van der Waals surface area (Å²) < 4.78 is 0. The molecule has 3 aliphatic rings. The van der Waals surface area contributed by atoms with Gasteiger partial charge in [0.1, 0.15) is 0 Å². The minimum atomic E-state index is 0.124. The zero-order valence-corrected chi connectivity index (χ0v) is 10.8. The summed E-state index contributed by atoms with van der Waals surface area (Å²) in [5, 5.41) is 3.51. The molecule has 17 heavy (non-hydrogen) atoms. The van der Waals surface area contributed by atoms with E-state index in [2.05, 4.69) is 17.1 Å². The van der Waals surface area contributed by atoms with Gasteiger partial charge in [-0.15, -0.1) is 0 Å². The van der Waals surface area contributed by atoms with Gasteiger partial charge in [0, 0.05) is 18.6 Å². The number of hydrogen-bond donors (Lipinski definition) is 1. The van der Waals surface area contributed by atoms with Crippen LogP contribution in [0.1, 0.15) is 51.9 Å². The number of nitrogens with zero attached hydrogens (tertiary/aromatic N) is 1. The molecule has 2 aliphatic carbocycles. The van der Waals surface area contributed by atoms with E-state index in [-0.39, 0.29) is 6.04 Å². The molecule has 0 aromatic heterocycles. The number of nitrogens with one attached hydrogen (secondary N) is 1. The number of carbonyl (C=O) groups excluding carboxylic acids is 1. The molecule has 3 nitrogen and oxygen atoms in total. The summed E-state index contributed by atoms with van der Waals surface area (Å²) >= 11 is 0. The van der Waals surface area contributed by atoms with Gasteiger partial charge in [-0.25, -0.2) is 0 Å².